The van der Waals surface area contributed by atoms with E-state index in [2.05, 4.69) is 22.0 Å². The molecule has 2 saturated heterocycles. The number of carbonyl (C=O) groups is 3. The van der Waals surface area contributed by atoms with E-state index in [1.54, 1.807) is 5.38 Å². The van der Waals surface area contributed by atoms with Crippen LogP contribution >= 0.6 is 23.1 Å². The van der Waals surface area contributed by atoms with Gasteiger partial charge >= 0.3 is 5.97 Å². The zero-order valence-electron chi connectivity index (χ0n) is 23.9. The summed E-state index contributed by atoms with van der Waals surface area (Å²) in [6.07, 6.45) is 1.37. The predicted molar refractivity (Wildman–Crippen MR) is 174 cm³/mol. The SMILES string of the molecule is C=CC1(C(=O)O)CS[C@@H]2C(NC(=O)C(=NOC(c3ccccc3)(c3ccccc3)c3ccccc3)c3csc(N)n3)C(=O)N2C1. The second-order valence-corrected chi connectivity index (χ2v) is 12.7. The molecule has 3 atom stereocenters. The van der Waals surface area contributed by atoms with Crippen molar-refractivity contribution in [1.29, 1.82) is 0 Å². The van der Waals surface area contributed by atoms with E-state index in [-0.39, 0.29) is 28.8 Å². The molecule has 4 aromatic rings. The number of thioether (sulfide) groups is 1. The van der Waals surface area contributed by atoms with E-state index in [0.717, 1.165) is 28.0 Å². The Morgan fingerprint density at radius 3 is 2.07 bits per heavy atom. The van der Waals surface area contributed by atoms with Crippen LogP contribution in [-0.4, -0.2) is 62.2 Å². The van der Waals surface area contributed by atoms with E-state index in [1.807, 2.05) is 91.0 Å². The van der Waals surface area contributed by atoms with Gasteiger partial charge in [0.15, 0.2) is 10.8 Å². The van der Waals surface area contributed by atoms with Crippen molar-refractivity contribution >= 4 is 51.7 Å². The number of aromatic nitrogens is 1. The summed E-state index contributed by atoms with van der Waals surface area (Å²) in [5.74, 6) is -1.90. The number of β-lactam (4-membered cyclic amide) rings is 1. The summed E-state index contributed by atoms with van der Waals surface area (Å²) in [4.78, 5) is 51.3. The first-order chi connectivity index (χ1) is 21.8. The number of nitrogens with one attached hydrogen (secondary N) is 1. The van der Waals surface area contributed by atoms with Gasteiger partial charge in [0.1, 0.15) is 22.5 Å². The first-order valence-corrected chi connectivity index (χ1v) is 16.0. The number of aliphatic carboxylic acids is 1. The summed E-state index contributed by atoms with van der Waals surface area (Å²) in [7, 11) is 0. The third kappa shape index (κ3) is 5.36. The van der Waals surface area contributed by atoms with E-state index < -0.39 is 40.2 Å². The maximum absolute atomic E-state index is 13.9. The number of nitrogen functional groups attached to an aromatic ring is 1. The van der Waals surface area contributed by atoms with Gasteiger partial charge in [0.05, 0.1) is 0 Å². The molecule has 3 aromatic carbocycles. The van der Waals surface area contributed by atoms with Crippen molar-refractivity contribution in [3.05, 3.63) is 131 Å². The number of rotatable bonds is 10. The Morgan fingerprint density at radius 2 is 1.60 bits per heavy atom. The molecule has 0 bridgehead atoms. The molecule has 0 aliphatic carbocycles. The largest absolute Gasteiger partial charge is 0.481 e. The van der Waals surface area contributed by atoms with Crippen LogP contribution in [0.1, 0.15) is 22.4 Å². The van der Waals surface area contributed by atoms with Gasteiger partial charge in [-0.15, -0.1) is 29.7 Å². The minimum Gasteiger partial charge on any atom is -0.481 e. The van der Waals surface area contributed by atoms with Gasteiger partial charge in [-0.05, 0) is 0 Å². The summed E-state index contributed by atoms with van der Waals surface area (Å²) < 4.78 is 0. The molecule has 45 heavy (non-hydrogen) atoms. The molecular formula is C33H29N5O5S2. The lowest BCUT2D eigenvalue weighted by atomic mass is 9.80. The molecule has 2 unspecified atom stereocenters. The molecule has 0 saturated carbocycles. The second-order valence-electron chi connectivity index (χ2n) is 10.7. The third-order valence-electron chi connectivity index (χ3n) is 8.00. The summed E-state index contributed by atoms with van der Waals surface area (Å²) >= 11 is 2.42. The average molecular weight is 640 g/mol. The van der Waals surface area contributed by atoms with Crippen molar-refractivity contribution in [2.24, 2.45) is 10.6 Å². The molecule has 12 heteroatoms. The number of fused-ring (bicyclic) bond motifs is 1. The first-order valence-electron chi connectivity index (χ1n) is 14.0. The molecule has 0 radical (unpaired) electrons. The third-order valence-corrected chi connectivity index (χ3v) is 10.2. The Bertz CT molecular complexity index is 1670. The zero-order valence-corrected chi connectivity index (χ0v) is 25.5. The minimum absolute atomic E-state index is 0.0187. The standard InChI is InChI=1S/C33H29N5O5S2/c1-2-32(30(41)42)19-38-28(40)26(29(38)45-20-32)36-27(39)25(24-18-44-31(34)35-24)37-43-33(21-12-6-3-7-13-21,22-14-8-4-9-15-22)23-16-10-5-11-17-23/h2-18,26,29H,1,19-20H2,(H2,34,35)(H,36,39)(H,41,42)/t26?,29-,32?/m1/s1. The van der Waals surface area contributed by atoms with E-state index in [0.29, 0.717) is 0 Å². The molecule has 10 nitrogen and oxygen atoms in total. The number of benzene rings is 3. The van der Waals surface area contributed by atoms with E-state index in [4.69, 9.17) is 10.6 Å². The molecule has 2 amide bonds. The second kappa shape index (κ2) is 12.2. The van der Waals surface area contributed by atoms with E-state index in [9.17, 15) is 19.5 Å². The lowest BCUT2D eigenvalue weighted by Gasteiger charge is -2.53. The van der Waals surface area contributed by atoms with Crippen LogP contribution in [0, 0.1) is 5.41 Å². The molecule has 0 spiro atoms. The van der Waals surface area contributed by atoms with Crippen LogP contribution in [-0.2, 0) is 24.8 Å². The van der Waals surface area contributed by atoms with E-state index >= 15 is 0 Å². The number of hydrogen-bond acceptors (Lipinski definition) is 9. The van der Waals surface area contributed by atoms with Crippen LogP contribution in [0.2, 0.25) is 0 Å². The smallest absolute Gasteiger partial charge is 0.316 e. The highest BCUT2D eigenvalue weighted by Gasteiger charge is 2.56. The minimum atomic E-state index is -1.26. The highest BCUT2D eigenvalue weighted by Crippen LogP contribution is 2.43. The molecule has 2 aliphatic heterocycles. The van der Waals surface area contributed by atoms with Gasteiger partial charge in [-0.3, -0.25) is 14.4 Å². The number of nitrogens with two attached hydrogens (primary N) is 1. The number of amides is 2. The first kappa shape index (κ1) is 30.1. The Labute approximate surface area is 267 Å². The van der Waals surface area contributed by atoms with Crippen LogP contribution in [0.4, 0.5) is 5.13 Å². The Kier molecular flexibility index (Phi) is 8.17. The van der Waals surface area contributed by atoms with Gasteiger partial charge in [-0.25, -0.2) is 4.98 Å². The molecule has 2 aliphatic rings. The Hall–Kier alpha value is -4.94. The van der Waals surface area contributed by atoms with Crippen LogP contribution in [0.15, 0.2) is 114 Å². The molecule has 228 valence electrons. The topological polar surface area (TPSA) is 147 Å². The number of carboxylic acids is 1. The van der Waals surface area contributed by atoms with Crippen molar-refractivity contribution in [2.45, 2.75) is 17.0 Å². The van der Waals surface area contributed by atoms with Crippen LogP contribution in [0.5, 0.6) is 0 Å². The maximum atomic E-state index is 13.9. The van der Waals surface area contributed by atoms with Crippen molar-refractivity contribution in [1.82, 2.24) is 15.2 Å². The van der Waals surface area contributed by atoms with Gasteiger partial charge < -0.3 is 25.9 Å². The van der Waals surface area contributed by atoms with Crippen LogP contribution in [0.25, 0.3) is 0 Å². The number of carboxylic acid groups (broad SMARTS) is 1. The van der Waals surface area contributed by atoms with Gasteiger partial charge in [-0.2, -0.15) is 0 Å². The number of thiazole rings is 1. The quantitative estimate of drug-likeness (QED) is 0.0773. The molecule has 2 fully saturated rings. The normalized spacial score (nSPS) is 21.3. The molecule has 1 aromatic heterocycles. The predicted octanol–water partition coefficient (Wildman–Crippen LogP) is 4.10. The van der Waals surface area contributed by atoms with Crippen LogP contribution in [0.3, 0.4) is 0 Å². The summed E-state index contributed by atoms with van der Waals surface area (Å²) in [6, 6.07) is 27.8. The van der Waals surface area contributed by atoms with Gasteiger partial charge in [0.25, 0.3) is 5.91 Å². The highest BCUT2D eigenvalue weighted by molar-refractivity contribution is 8.00. The number of carbonyl (C=O) groups excluding carboxylic acids is 2. The molecule has 6 rings (SSSR count). The van der Waals surface area contributed by atoms with Gasteiger partial charge in [0.2, 0.25) is 11.5 Å². The Morgan fingerprint density at radius 1 is 1.04 bits per heavy atom. The summed E-state index contributed by atoms with van der Waals surface area (Å²) in [5.41, 5.74) is 5.79. The average Bonchev–Trinajstić information content (AvgIpc) is 3.51. The van der Waals surface area contributed by atoms with Crippen molar-refractivity contribution in [3.63, 3.8) is 0 Å². The van der Waals surface area contributed by atoms with Gasteiger partial charge in [0, 0.05) is 34.4 Å². The lowest BCUT2D eigenvalue weighted by molar-refractivity contribution is -0.156. The summed E-state index contributed by atoms with van der Waals surface area (Å²) in [5, 5.41) is 18.4. The number of hydrogen-bond donors (Lipinski definition) is 3. The van der Waals surface area contributed by atoms with E-state index in [1.165, 1.54) is 22.7 Å². The fourth-order valence-electron chi connectivity index (χ4n) is 5.54. The fourth-order valence-corrected chi connectivity index (χ4v) is 7.62. The Balaban J connectivity index is 1.37. The van der Waals surface area contributed by atoms with Crippen molar-refractivity contribution in [3.8, 4) is 0 Å². The van der Waals surface area contributed by atoms with Crippen molar-refractivity contribution < 1.29 is 24.3 Å². The van der Waals surface area contributed by atoms with Crippen LogP contribution < -0.4 is 11.1 Å². The lowest BCUT2D eigenvalue weighted by Crippen LogP contribution is -2.73. The maximum Gasteiger partial charge on any atom is 0.316 e. The molecule has 4 N–H and O–H groups in total. The van der Waals surface area contributed by atoms with Gasteiger partial charge in [-0.1, -0.05) is 102 Å². The van der Waals surface area contributed by atoms with Crippen molar-refractivity contribution in [2.75, 3.05) is 18.0 Å². The number of anilines is 1. The summed E-state index contributed by atoms with van der Waals surface area (Å²) in [6.45, 7) is 3.65. The number of nitrogens with zero attached hydrogens (tertiary/aromatic N) is 3. The monoisotopic (exact) mass is 639 g/mol. The molecule has 3 heterocycles. The zero-order chi connectivity index (χ0) is 31.6. The molecular weight excluding hydrogens is 611 g/mol. The number of oxime groups is 1. The fraction of sp³-hybridized carbons (Fsp3) is 0.182. The highest BCUT2D eigenvalue weighted by atomic mass is 32.2.